The number of carbonyl (C=O) groups is 1. The molecule has 0 radical (unpaired) electrons. The lowest BCUT2D eigenvalue weighted by Gasteiger charge is -2.02. The number of thiazole rings is 1. The first-order valence-corrected chi connectivity index (χ1v) is 8.16. The van der Waals surface area contributed by atoms with Crippen LogP contribution in [0.1, 0.15) is 32.1 Å². The van der Waals surface area contributed by atoms with Crippen LogP contribution < -0.4 is 5.32 Å². The van der Waals surface area contributed by atoms with Gasteiger partial charge in [0, 0.05) is 34.9 Å². The van der Waals surface area contributed by atoms with Crippen molar-refractivity contribution in [1.82, 2.24) is 9.97 Å². The van der Waals surface area contributed by atoms with E-state index in [0.29, 0.717) is 10.7 Å². The Bertz CT molecular complexity index is 824. The third-order valence-corrected chi connectivity index (χ3v) is 4.34. The molecule has 0 spiro atoms. The summed E-state index contributed by atoms with van der Waals surface area (Å²) in [5.41, 5.74) is 3.89. The molecule has 0 fully saturated rings. The number of pyridine rings is 1. The van der Waals surface area contributed by atoms with Crippen molar-refractivity contribution in [3.63, 3.8) is 0 Å². The topological polar surface area (TPSA) is 54.9 Å². The van der Waals surface area contributed by atoms with Gasteiger partial charge in [0.05, 0.1) is 0 Å². The molecule has 0 aliphatic heterocycles. The number of carbonyl (C=O) groups excluding carboxylic acids is 1. The molecule has 0 unspecified atom stereocenters. The first kappa shape index (κ1) is 15.4. The molecule has 0 atom stereocenters. The van der Waals surface area contributed by atoms with E-state index in [0.717, 1.165) is 17.0 Å². The fourth-order valence-electron chi connectivity index (χ4n) is 2.21. The number of hydrogen-bond acceptors (Lipinski definition) is 4. The van der Waals surface area contributed by atoms with Crippen molar-refractivity contribution < 1.29 is 4.79 Å². The molecule has 0 saturated carbocycles. The Kier molecular flexibility index (Phi) is 4.48. The Morgan fingerprint density at radius 3 is 2.65 bits per heavy atom. The van der Waals surface area contributed by atoms with Gasteiger partial charge in [0.2, 0.25) is 0 Å². The minimum atomic E-state index is -0.160. The van der Waals surface area contributed by atoms with Gasteiger partial charge in [-0.15, -0.1) is 11.3 Å². The molecule has 1 amide bonds. The van der Waals surface area contributed by atoms with Crippen LogP contribution in [0.25, 0.3) is 0 Å². The van der Waals surface area contributed by atoms with Crippen molar-refractivity contribution in [2.24, 2.45) is 0 Å². The average molecular weight is 323 g/mol. The summed E-state index contributed by atoms with van der Waals surface area (Å²) in [6.45, 7) is 3.94. The summed E-state index contributed by atoms with van der Waals surface area (Å²) >= 11 is 1.50. The van der Waals surface area contributed by atoms with Crippen LogP contribution in [0, 0.1) is 13.8 Å². The van der Waals surface area contributed by atoms with Crippen molar-refractivity contribution in [2.75, 3.05) is 5.32 Å². The van der Waals surface area contributed by atoms with Crippen molar-refractivity contribution in [3.05, 3.63) is 76.1 Å². The quantitative estimate of drug-likeness (QED) is 0.789. The maximum absolute atomic E-state index is 12.2. The monoisotopic (exact) mass is 323 g/mol. The highest BCUT2D eigenvalue weighted by atomic mass is 32.1. The molecule has 23 heavy (non-hydrogen) atoms. The molecule has 5 heteroatoms. The van der Waals surface area contributed by atoms with Crippen LogP contribution >= 0.6 is 11.3 Å². The SMILES string of the molecule is Cc1ccc(Cc2cnc(NC(=O)c3ccnc(C)c3)s2)cc1. The average Bonchev–Trinajstić information content (AvgIpc) is 2.96. The Morgan fingerprint density at radius 2 is 1.91 bits per heavy atom. The molecule has 0 aliphatic carbocycles. The second-order valence-corrected chi connectivity index (χ2v) is 6.55. The minimum absolute atomic E-state index is 0.160. The van der Waals surface area contributed by atoms with Gasteiger partial charge in [0.15, 0.2) is 5.13 Å². The summed E-state index contributed by atoms with van der Waals surface area (Å²) in [4.78, 5) is 21.7. The summed E-state index contributed by atoms with van der Waals surface area (Å²) in [7, 11) is 0. The first-order chi connectivity index (χ1) is 11.1. The van der Waals surface area contributed by atoms with Crippen molar-refractivity contribution in [3.8, 4) is 0 Å². The van der Waals surface area contributed by atoms with Gasteiger partial charge in [-0.1, -0.05) is 29.8 Å². The number of aromatic nitrogens is 2. The van der Waals surface area contributed by atoms with E-state index < -0.39 is 0 Å². The Morgan fingerprint density at radius 1 is 1.13 bits per heavy atom. The zero-order valence-corrected chi connectivity index (χ0v) is 13.9. The van der Waals surface area contributed by atoms with Gasteiger partial charge in [-0.05, 0) is 31.5 Å². The van der Waals surface area contributed by atoms with Crippen LogP contribution in [0.3, 0.4) is 0 Å². The highest BCUT2D eigenvalue weighted by Gasteiger charge is 2.10. The molecule has 3 rings (SSSR count). The van der Waals surface area contributed by atoms with E-state index in [4.69, 9.17) is 0 Å². The molecule has 3 aromatic rings. The zero-order valence-electron chi connectivity index (χ0n) is 13.0. The molecule has 116 valence electrons. The molecule has 0 bridgehead atoms. The molecular formula is C18H17N3OS. The number of aryl methyl sites for hydroxylation is 2. The second-order valence-electron chi connectivity index (χ2n) is 5.43. The largest absolute Gasteiger partial charge is 0.298 e. The van der Waals surface area contributed by atoms with Crippen LogP contribution in [0.4, 0.5) is 5.13 Å². The van der Waals surface area contributed by atoms with Crippen molar-refractivity contribution >= 4 is 22.4 Å². The zero-order chi connectivity index (χ0) is 16.2. The Balaban J connectivity index is 1.67. The normalized spacial score (nSPS) is 10.5. The van der Waals surface area contributed by atoms with Crippen molar-refractivity contribution in [2.45, 2.75) is 20.3 Å². The molecule has 1 aromatic carbocycles. The van der Waals surface area contributed by atoms with Crippen molar-refractivity contribution in [1.29, 1.82) is 0 Å². The fraction of sp³-hybridized carbons (Fsp3) is 0.167. The number of benzene rings is 1. The molecule has 4 nitrogen and oxygen atoms in total. The van der Waals surface area contributed by atoms with Crippen LogP contribution in [-0.4, -0.2) is 15.9 Å². The lowest BCUT2D eigenvalue weighted by molar-refractivity contribution is 0.102. The van der Waals surface area contributed by atoms with Gasteiger partial charge < -0.3 is 0 Å². The number of anilines is 1. The summed E-state index contributed by atoms with van der Waals surface area (Å²) in [5, 5.41) is 3.46. The third-order valence-electron chi connectivity index (χ3n) is 3.43. The van der Waals surface area contributed by atoms with Gasteiger partial charge in [-0.3, -0.25) is 15.1 Å². The highest BCUT2D eigenvalue weighted by Crippen LogP contribution is 2.22. The smallest absolute Gasteiger partial charge is 0.257 e. The predicted molar refractivity (Wildman–Crippen MR) is 93.0 cm³/mol. The maximum Gasteiger partial charge on any atom is 0.257 e. The lowest BCUT2D eigenvalue weighted by Crippen LogP contribution is -2.11. The van der Waals surface area contributed by atoms with Gasteiger partial charge in [-0.2, -0.15) is 0 Å². The summed E-state index contributed by atoms with van der Waals surface area (Å²) in [5.74, 6) is -0.160. The van der Waals surface area contributed by atoms with E-state index in [1.54, 1.807) is 18.3 Å². The first-order valence-electron chi connectivity index (χ1n) is 7.34. The lowest BCUT2D eigenvalue weighted by atomic mass is 10.1. The molecule has 0 aliphatic rings. The molecule has 2 heterocycles. The van der Waals surface area contributed by atoms with E-state index in [2.05, 4.69) is 46.5 Å². The fourth-order valence-corrected chi connectivity index (χ4v) is 3.05. The standard InChI is InChI=1S/C18H17N3OS/c1-12-3-5-14(6-4-12)10-16-11-20-18(23-16)21-17(22)15-7-8-19-13(2)9-15/h3-9,11H,10H2,1-2H3,(H,20,21,22). The van der Waals surface area contributed by atoms with E-state index >= 15 is 0 Å². The van der Waals surface area contributed by atoms with Gasteiger partial charge >= 0.3 is 0 Å². The van der Waals surface area contributed by atoms with Gasteiger partial charge in [0.1, 0.15) is 0 Å². The minimum Gasteiger partial charge on any atom is -0.298 e. The molecular weight excluding hydrogens is 306 g/mol. The highest BCUT2D eigenvalue weighted by molar-refractivity contribution is 7.15. The Labute approximate surface area is 139 Å². The van der Waals surface area contributed by atoms with Crippen LogP contribution in [0.15, 0.2) is 48.8 Å². The number of nitrogens with one attached hydrogen (secondary N) is 1. The predicted octanol–water partition coefficient (Wildman–Crippen LogP) is 4.00. The van der Waals surface area contributed by atoms with E-state index in [-0.39, 0.29) is 5.91 Å². The van der Waals surface area contributed by atoms with E-state index in [1.807, 2.05) is 13.1 Å². The van der Waals surface area contributed by atoms with Gasteiger partial charge in [-0.25, -0.2) is 4.98 Å². The summed E-state index contributed by atoms with van der Waals surface area (Å²) in [6.07, 6.45) is 4.27. The van der Waals surface area contributed by atoms with E-state index in [9.17, 15) is 4.79 Å². The summed E-state index contributed by atoms with van der Waals surface area (Å²) < 4.78 is 0. The number of hydrogen-bond donors (Lipinski definition) is 1. The van der Waals surface area contributed by atoms with E-state index in [1.165, 1.54) is 22.5 Å². The summed E-state index contributed by atoms with van der Waals surface area (Å²) in [6, 6.07) is 11.9. The molecule has 0 saturated heterocycles. The molecule has 2 aromatic heterocycles. The Hall–Kier alpha value is -2.53. The van der Waals surface area contributed by atoms with Gasteiger partial charge in [0.25, 0.3) is 5.91 Å². The van der Waals surface area contributed by atoms with Crippen LogP contribution in [-0.2, 0) is 6.42 Å². The van der Waals surface area contributed by atoms with Crippen LogP contribution in [0.2, 0.25) is 0 Å². The maximum atomic E-state index is 12.2. The molecule has 1 N–H and O–H groups in total. The van der Waals surface area contributed by atoms with Crippen LogP contribution in [0.5, 0.6) is 0 Å². The number of amides is 1. The second kappa shape index (κ2) is 6.71. The number of nitrogens with zero attached hydrogens (tertiary/aromatic N) is 2. The number of rotatable bonds is 4. The third kappa shape index (κ3) is 4.02.